The number of hydrogen-bond acceptors (Lipinski definition) is 2. The van der Waals surface area contributed by atoms with E-state index in [0.717, 1.165) is 6.20 Å². The molecule has 1 heterocycles. The Balaban J connectivity index is 2.53. The molecule has 0 saturated carbocycles. The van der Waals surface area contributed by atoms with Gasteiger partial charge in [0.05, 0.1) is 12.7 Å². The predicted octanol–water partition coefficient (Wildman–Crippen LogP) is 2.39. The van der Waals surface area contributed by atoms with Crippen LogP contribution in [0.5, 0.6) is 0 Å². The second-order valence-electron chi connectivity index (χ2n) is 2.23. The van der Waals surface area contributed by atoms with E-state index >= 15 is 0 Å². The van der Waals surface area contributed by atoms with Gasteiger partial charge >= 0.3 is 0 Å². The molecule has 1 N–H and O–H groups in total. The molecule has 0 aliphatic rings. The summed E-state index contributed by atoms with van der Waals surface area (Å²) in [5.74, 6) is 0.225. The lowest BCUT2D eigenvalue weighted by Crippen LogP contribution is -2.02. The van der Waals surface area contributed by atoms with Crippen molar-refractivity contribution in [3.05, 3.63) is 35.8 Å². The van der Waals surface area contributed by atoms with Crippen molar-refractivity contribution in [3.63, 3.8) is 0 Å². The summed E-state index contributed by atoms with van der Waals surface area (Å²) in [6, 6.07) is 2.86. The van der Waals surface area contributed by atoms with Gasteiger partial charge in [0.15, 0.2) is 0 Å². The first-order valence-electron chi connectivity index (χ1n) is 3.37. The summed E-state index contributed by atoms with van der Waals surface area (Å²) in [7, 11) is 0. The van der Waals surface area contributed by atoms with Crippen molar-refractivity contribution in [1.82, 2.24) is 4.98 Å². The molecule has 4 heteroatoms. The molecular formula is C8H8ClFN2. The van der Waals surface area contributed by atoms with Crippen molar-refractivity contribution in [2.24, 2.45) is 0 Å². The quantitative estimate of drug-likeness (QED) is 0.784. The van der Waals surface area contributed by atoms with Crippen LogP contribution in [0.15, 0.2) is 29.9 Å². The molecule has 0 bridgehead atoms. The number of anilines is 1. The van der Waals surface area contributed by atoms with Crippen molar-refractivity contribution in [3.8, 4) is 0 Å². The van der Waals surface area contributed by atoms with Crippen LogP contribution in [0.1, 0.15) is 0 Å². The highest BCUT2D eigenvalue weighted by Crippen LogP contribution is 2.05. The van der Waals surface area contributed by atoms with E-state index in [1.807, 2.05) is 0 Å². The van der Waals surface area contributed by atoms with Gasteiger partial charge in [-0.2, -0.15) is 0 Å². The standard InChI is InChI=1S/C8H8ClFN2/c1-6(9)4-11-8-3-2-7(10)5-12-8/h2-3,5H,1,4H2,(H,11,12). The molecule has 0 aromatic carbocycles. The zero-order valence-corrected chi connectivity index (χ0v) is 7.11. The molecule has 2 nitrogen and oxygen atoms in total. The molecule has 12 heavy (non-hydrogen) atoms. The summed E-state index contributed by atoms with van der Waals surface area (Å²) in [4.78, 5) is 3.76. The van der Waals surface area contributed by atoms with E-state index in [2.05, 4.69) is 16.9 Å². The molecule has 0 fully saturated rings. The topological polar surface area (TPSA) is 24.9 Å². The minimum Gasteiger partial charge on any atom is -0.365 e. The van der Waals surface area contributed by atoms with Gasteiger partial charge in [0.1, 0.15) is 11.6 Å². The van der Waals surface area contributed by atoms with E-state index in [1.165, 1.54) is 12.1 Å². The van der Waals surface area contributed by atoms with Crippen LogP contribution in [0.25, 0.3) is 0 Å². The summed E-state index contributed by atoms with van der Waals surface area (Å²) >= 11 is 5.50. The number of pyridine rings is 1. The molecule has 1 aromatic heterocycles. The number of hydrogen-bond donors (Lipinski definition) is 1. The maximum absolute atomic E-state index is 12.4. The molecule has 0 unspecified atom stereocenters. The number of halogens is 2. The molecule has 0 amide bonds. The molecule has 0 atom stereocenters. The lowest BCUT2D eigenvalue weighted by molar-refractivity contribution is 0.622. The van der Waals surface area contributed by atoms with Gasteiger partial charge in [0.25, 0.3) is 0 Å². The van der Waals surface area contributed by atoms with Gasteiger partial charge in [-0.25, -0.2) is 9.37 Å². The fraction of sp³-hybridized carbons (Fsp3) is 0.125. The maximum Gasteiger partial charge on any atom is 0.141 e. The number of nitrogens with one attached hydrogen (secondary N) is 1. The Morgan fingerprint density at radius 3 is 2.92 bits per heavy atom. The van der Waals surface area contributed by atoms with Crippen LogP contribution in [0.2, 0.25) is 0 Å². The van der Waals surface area contributed by atoms with Gasteiger partial charge in [-0.15, -0.1) is 0 Å². The lowest BCUT2D eigenvalue weighted by atomic mass is 10.4. The van der Waals surface area contributed by atoms with Crippen LogP contribution in [0.4, 0.5) is 10.2 Å². The fourth-order valence-corrected chi connectivity index (χ4v) is 0.734. The first-order valence-corrected chi connectivity index (χ1v) is 3.75. The summed E-state index contributed by atoms with van der Waals surface area (Å²) < 4.78 is 12.4. The highest BCUT2D eigenvalue weighted by Gasteiger charge is 1.93. The molecule has 1 rings (SSSR count). The van der Waals surface area contributed by atoms with Crippen LogP contribution in [-0.4, -0.2) is 11.5 Å². The Morgan fingerprint density at radius 2 is 2.42 bits per heavy atom. The Labute approximate surface area is 75.1 Å². The Hall–Kier alpha value is -1.09. The zero-order valence-electron chi connectivity index (χ0n) is 6.35. The SMILES string of the molecule is C=C(Cl)CNc1ccc(F)cn1. The van der Waals surface area contributed by atoms with E-state index in [9.17, 15) is 4.39 Å². The Kier molecular flexibility index (Phi) is 3.05. The number of nitrogens with zero attached hydrogens (tertiary/aromatic N) is 1. The third kappa shape index (κ3) is 2.88. The third-order valence-corrected chi connectivity index (χ3v) is 1.32. The first-order chi connectivity index (χ1) is 5.68. The molecule has 0 saturated heterocycles. The van der Waals surface area contributed by atoms with Crippen LogP contribution < -0.4 is 5.32 Å². The fourth-order valence-electron chi connectivity index (χ4n) is 0.667. The average molecular weight is 187 g/mol. The molecule has 0 spiro atoms. The lowest BCUT2D eigenvalue weighted by Gasteiger charge is -2.02. The van der Waals surface area contributed by atoms with E-state index < -0.39 is 0 Å². The zero-order chi connectivity index (χ0) is 8.97. The Bertz CT molecular complexity index is 271. The molecule has 0 radical (unpaired) electrons. The smallest absolute Gasteiger partial charge is 0.141 e. The Morgan fingerprint density at radius 1 is 1.67 bits per heavy atom. The number of aromatic nitrogens is 1. The average Bonchev–Trinajstić information content (AvgIpc) is 2.03. The van der Waals surface area contributed by atoms with Crippen molar-refractivity contribution < 1.29 is 4.39 Å². The summed E-state index contributed by atoms with van der Waals surface area (Å²) in [5, 5.41) is 3.35. The normalized spacial score (nSPS) is 9.50. The minimum atomic E-state index is -0.356. The van der Waals surface area contributed by atoms with Gasteiger partial charge < -0.3 is 5.32 Å². The van der Waals surface area contributed by atoms with Gasteiger partial charge in [0.2, 0.25) is 0 Å². The predicted molar refractivity (Wildman–Crippen MR) is 47.7 cm³/mol. The minimum absolute atomic E-state index is 0.356. The van der Waals surface area contributed by atoms with E-state index in [4.69, 9.17) is 11.6 Å². The van der Waals surface area contributed by atoms with Crippen LogP contribution in [-0.2, 0) is 0 Å². The van der Waals surface area contributed by atoms with Crippen LogP contribution in [0.3, 0.4) is 0 Å². The van der Waals surface area contributed by atoms with Crippen molar-refractivity contribution in [2.75, 3.05) is 11.9 Å². The molecular weight excluding hydrogens is 179 g/mol. The summed E-state index contributed by atoms with van der Waals surface area (Å²) in [5.41, 5.74) is 0. The maximum atomic E-state index is 12.4. The summed E-state index contributed by atoms with van der Waals surface area (Å²) in [6.45, 7) is 3.92. The molecule has 1 aromatic rings. The largest absolute Gasteiger partial charge is 0.365 e. The van der Waals surface area contributed by atoms with E-state index in [1.54, 1.807) is 0 Å². The first kappa shape index (κ1) is 9.00. The van der Waals surface area contributed by atoms with Gasteiger partial charge in [0, 0.05) is 5.03 Å². The van der Waals surface area contributed by atoms with Crippen molar-refractivity contribution in [2.45, 2.75) is 0 Å². The van der Waals surface area contributed by atoms with Gasteiger partial charge in [-0.05, 0) is 12.1 Å². The third-order valence-electron chi connectivity index (χ3n) is 1.19. The highest BCUT2D eigenvalue weighted by molar-refractivity contribution is 6.29. The monoisotopic (exact) mass is 186 g/mol. The molecule has 0 aliphatic heterocycles. The van der Waals surface area contributed by atoms with Gasteiger partial charge in [-0.3, -0.25) is 0 Å². The molecule has 64 valence electrons. The van der Waals surface area contributed by atoms with Crippen molar-refractivity contribution in [1.29, 1.82) is 0 Å². The van der Waals surface area contributed by atoms with E-state index in [-0.39, 0.29) is 5.82 Å². The second-order valence-corrected chi connectivity index (χ2v) is 2.77. The highest BCUT2D eigenvalue weighted by atomic mass is 35.5. The van der Waals surface area contributed by atoms with Gasteiger partial charge in [-0.1, -0.05) is 18.2 Å². The van der Waals surface area contributed by atoms with Crippen LogP contribution >= 0.6 is 11.6 Å². The number of rotatable bonds is 3. The molecule has 0 aliphatic carbocycles. The summed E-state index contributed by atoms with van der Waals surface area (Å²) in [6.07, 6.45) is 1.14. The van der Waals surface area contributed by atoms with Crippen molar-refractivity contribution >= 4 is 17.4 Å². The van der Waals surface area contributed by atoms with E-state index in [0.29, 0.717) is 17.4 Å². The van der Waals surface area contributed by atoms with Crippen LogP contribution in [0, 0.1) is 5.82 Å². The second kappa shape index (κ2) is 4.07.